The molecule has 0 heterocycles. The molecule has 0 amide bonds. The van der Waals surface area contributed by atoms with Gasteiger partial charge in [0.1, 0.15) is 0 Å². The summed E-state index contributed by atoms with van der Waals surface area (Å²) in [5.41, 5.74) is 0. The Bertz CT molecular complexity index is 84.7. The normalized spacial score (nSPS) is 42.9. The average Bonchev–Trinajstić information content (AvgIpc) is 1.90. The Morgan fingerprint density at radius 2 is 1.60 bits per heavy atom. The quantitative estimate of drug-likeness (QED) is 0.483. The van der Waals surface area contributed by atoms with Crippen LogP contribution < -0.4 is 0 Å². The molecule has 1 atom stereocenters. The highest BCUT2D eigenvalue weighted by atomic mass is 14.4. The van der Waals surface area contributed by atoms with Crippen LogP contribution in [0.15, 0.2) is 0 Å². The molecule has 10 heavy (non-hydrogen) atoms. The highest BCUT2D eigenvalue weighted by molar-refractivity contribution is 4.88. The molecule has 3 aliphatic rings. The van der Waals surface area contributed by atoms with Crippen LogP contribution in [0.3, 0.4) is 0 Å². The largest absolute Gasteiger partial charge is 0.0683 e. The van der Waals surface area contributed by atoms with E-state index in [1.807, 2.05) is 13.8 Å². The molecule has 0 heteroatoms. The first-order valence-electron chi connectivity index (χ1n) is 4.86. The molecule has 0 aromatic carbocycles. The molecule has 3 fully saturated rings. The average molecular weight is 140 g/mol. The van der Waals surface area contributed by atoms with Gasteiger partial charge in [0.05, 0.1) is 0 Å². The standard InChI is InChI=1S/C8H14.C2H6/c1-6-2-3-7-4-8(6)5-7;1-2/h6-8H,2-5H2,1H3;1-2H3/t6-,7?,8?;/m0./s1. The highest BCUT2D eigenvalue weighted by Gasteiger charge is 2.37. The third kappa shape index (κ3) is 1.36. The van der Waals surface area contributed by atoms with E-state index in [9.17, 15) is 0 Å². The Kier molecular flexibility index (Phi) is 2.76. The van der Waals surface area contributed by atoms with E-state index in [4.69, 9.17) is 0 Å². The topological polar surface area (TPSA) is 0 Å². The van der Waals surface area contributed by atoms with Gasteiger partial charge in [0.15, 0.2) is 0 Å². The van der Waals surface area contributed by atoms with Gasteiger partial charge in [0.25, 0.3) is 0 Å². The third-order valence-electron chi connectivity index (χ3n) is 3.11. The lowest BCUT2D eigenvalue weighted by Crippen LogP contribution is -2.34. The van der Waals surface area contributed by atoms with Gasteiger partial charge >= 0.3 is 0 Å². The van der Waals surface area contributed by atoms with Gasteiger partial charge in [-0.05, 0) is 30.6 Å². The van der Waals surface area contributed by atoms with Crippen molar-refractivity contribution in [2.24, 2.45) is 17.8 Å². The first-order valence-corrected chi connectivity index (χ1v) is 4.86. The predicted molar refractivity (Wildman–Crippen MR) is 46.0 cm³/mol. The fourth-order valence-corrected chi connectivity index (χ4v) is 2.22. The van der Waals surface area contributed by atoms with Crippen molar-refractivity contribution < 1.29 is 0 Å². The lowest BCUT2D eigenvalue weighted by molar-refractivity contribution is 0.0599. The van der Waals surface area contributed by atoms with Gasteiger partial charge in [0, 0.05) is 0 Å². The maximum atomic E-state index is 2.42. The molecule has 0 aromatic heterocycles. The zero-order valence-electron chi connectivity index (χ0n) is 7.56. The van der Waals surface area contributed by atoms with Crippen LogP contribution in [-0.2, 0) is 0 Å². The fourth-order valence-electron chi connectivity index (χ4n) is 2.22. The van der Waals surface area contributed by atoms with E-state index < -0.39 is 0 Å². The van der Waals surface area contributed by atoms with E-state index in [2.05, 4.69) is 6.92 Å². The molecular weight excluding hydrogens is 120 g/mol. The van der Waals surface area contributed by atoms with Crippen molar-refractivity contribution in [2.75, 3.05) is 0 Å². The van der Waals surface area contributed by atoms with Gasteiger partial charge in [-0.25, -0.2) is 0 Å². The molecule has 0 radical (unpaired) electrons. The van der Waals surface area contributed by atoms with Crippen LogP contribution in [0.5, 0.6) is 0 Å². The lowest BCUT2D eigenvalue weighted by Gasteiger charge is -2.45. The molecule has 2 bridgehead atoms. The summed E-state index contributed by atoms with van der Waals surface area (Å²) in [5, 5.41) is 0. The minimum Gasteiger partial charge on any atom is -0.0683 e. The van der Waals surface area contributed by atoms with Crippen LogP contribution in [0.1, 0.15) is 46.5 Å². The number of hydrogen-bond donors (Lipinski definition) is 0. The van der Waals surface area contributed by atoms with Crippen molar-refractivity contribution in [1.82, 2.24) is 0 Å². The monoisotopic (exact) mass is 140 g/mol. The van der Waals surface area contributed by atoms with Gasteiger partial charge in [0.2, 0.25) is 0 Å². The second-order valence-corrected chi connectivity index (χ2v) is 3.65. The van der Waals surface area contributed by atoms with E-state index >= 15 is 0 Å². The van der Waals surface area contributed by atoms with E-state index in [1.54, 1.807) is 12.8 Å². The molecule has 3 rings (SSSR count). The maximum absolute atomic E-state index is 2.42. The number of rotatable bonds is 0. The molecular formula is C10H20. The molecule has 3 saturated carbocycles. The summed E-state index contributed by atoms with van der Waals surface area (Å²) in [7, 11) is 0. The maximum Gasteiger partial charge on any atom is -0.0383 e. The van der Waals surface area contributed by atoms with Gasteiger partial charge in [-0.3, -0.25) is 0 Å². The van der Waals surface area contributed by atoms with Crippen molar-refractivity contribution in [1.29, 1.82) is 0 Å². The zero-order chi connectivity index (χ0) is 7.56. The summed E-state index contributed by atoms with van der Waals surface area (Å²) in [4.78, 5) is 0. The van der Waals surface area contributed by atoms with Gasteiger partial charge in [-0.1, -0.05) is 33.6 Å². The van der Waals surface area contributed by atoms with Gasteiger partial charge in [-0.15, -0.1) is 0 Å². The van der Waals surface area contributed by atoms with Crippen LogP contribution in [0.25, 0.3) is 0 Å². The minimum absolute atomic E-state index is 1.07. The summed E-state index contributed by atoms with van der Waals surface area (Å²) >= 11 is 0. The van der Waals surface area contributed by atoms with Gasteiger partial charge in [-0.2, -0.15) is 0 Å². The summed E-state index contributed by atoms with van der Waals surface area (Å²) in [6, 6.07) is 0. The zero-order valence-corrected chi connectivity index (χ0v) is 7.56. The van der Waals surface area contributed by atoms with Crippen LogP contribution in [-0.4, -0.2) is 0 Å². The second-order valence-electron chi connectivity index (χ2n) is 3.65. The Hall–Kier alpha value is 0. The Labute approximate surface area is 65.0 Å². The molecule has 0 nitrogen and oxygen atoms in total. The van der Waals surface area contributed by atoms with Crippen LogP contribution in [0.2, 0.25) is 0 Å². The number of fused-ring (bicyclic) bond motifs is 2. The van der Waals surface area contributed by atoms with E-state index in [0.29, 0.717) is 0 Å². The molecule has 60 valence electrons. The lowest BCUT2D eigenvalue weighted by atomic mass is 9.61. The van der Waals surface area contributed by atoms with Crippen LogP contribution >= 0.6 is 0 Å². The Balaban J connectivity index is 0.000000231. The molecule has 0 saturated heterocycles. The Morgan fingerprint density at radius 1 is 1.00 bits per heavy atom. The first-order chi connectivity index (χ1) is 4.86. The fraction of sp³-hybridized carbons (Fsp3) is 1.00. The molecule has 3 aliphatic carbocycles. The first kappa shape index (κ1) is 8.10. The van der Waals surface area contributed by atoms with Crippen molar-refractivity contribution in [3.63, 3.8) is 0 Å². The second kappa shape index (κ2) is 3.41. The van der Waals surface area contributed by atoms with Gasteiger partial charge < -0.3 is 0 Å². The summed E-state index contributed by atoms with van der Waals surface area (Å²) in [6.07, 6.45) is 6.20. The van der Waals surface area contributed by atoms with E-state index in [-0.39, 0.29) is 0 Å². The molecule has 0 spiro atoms. The van der Waals surface area contributed by atoms with E-state index in [1.165, 1.54) is 12.8 Å². The van der Waals surface area contributed by atoms with Crippen molar-refractivity contribution in [3.8, 4) is 0 Å². The van der Waals surface area contributed by atoms with Crippen LogP contribution in [0, 0.1) is 17.8 Å². The van der Waals surface area contributed by atoms with Crippen molar-refractivity contribution in [2.45, 2.75) is 46.5 Å². The third-order valence-corrected chi connectivity index (χ3v) is 3.11. The molecule has 0 N–H and O–H groups in total. The molecule has 0 aromatic rings. The summed E-state index contributed by atoms with van der Waals surface area (Å²) in [5.74, 6) is 3.38. The summed E-state index contributed by atoms with van der Waals surface area (Å²) < 4.78 is 0. The SMILES string of the molecule is CC.C[C@H]1CCC2CC1C2. The molecule has 0 unspecified atom stereocenters. The smallest absolute Gasteiger partial charge is 0.0383 e. The highest BCUT2D eigenvalue weighted by Crippen LogP contribution is 2.48. The minimum atomic E-state index is 1.07. The molecule has 0 aliphatic heterocycles. The van der Waals surface area contributed by atoms with E-state index in [0.717, 1.165) is 17.8 Å². The summed E-state index contributed by atoms with van der Waals surface area (Å²) in [6.45, 7) is 6.42. The Morgan fingerprint density at radius 3 is 1.80 bits per heavy atom. The van der Waals surface area contributed by atoms with Crippen molar-refractivity contribution >= 4 is 0 Å². The predicted octanol–water partition coefficient (Wildman–Crippen LogP) is 3.47. The number of hydrogen-bond acceptors (Lipinski definition) is 0. The van der Waals surface area contributed by atoms with Crippen LogP contribution in [0.4, 0.5) is 0 Å². The van der Waals surface area contributed by atoms with Crippen molar-refractivity contribution in [3.05, 3.63) is 0 Å².